The molecule has 3 rings (SSSR count). The van der Waals surface area contributed by atoms with Crippen LogP contribution in [0.15, 0.2) is 54.6 Å². The summed E-state index contributed by atoms with van der Waals surface area (Å²) in [6, 6.07) is 15.9. The SMILES string of the molecule is CCOC1CC(NC(=O)c2cccc(Oc3ccccc3)c2)(C(=O)O)C1(C)C. The number of hydrogen-bond acceptors (Lipinski definition) is 4. The molecule has 2 aromatic rings. The Labute approximate surface area is 164 Å². The smallest absolute Gasteiger partial charge is 0.330 e. The molecular weight excluding hydrogens is 358 g/mol. The lowest BCUT2D eigenvalue weighted by Gasteiger charge is -2.58. The van der Waals surface area contributed by atoms with E-state index in [-0.39, 0.29) is 12.5 Å². The van der Waals surface area contributed by atoms with E-state index < -0.39 is 22.8 Å². The van der Waals surface area contributed by atoms with Gasteiger partial charge in [-0.25, -0.2) is 4.79 Å². The number of ether oxygens (including phenoxy) is 2. The first kappa shape index (κ1) is 19.9. The fraction of sp³-hybridized carbons (Fsp3) is 0.364. The van der Waals surface area contributed by atoms with Crippen molar-refractivity contribution in [2.75, 3.05) is 6.61 Å². The molecule has 0 heterocycles. The molecule has 1 aliphatic carbocycles. The highest BCUT2D eigenvalue weighted by atomic mass is 16.5. The Hall–Kier alpha value is -2.86. The first-order chi connectivity index (χ1) is 13.3. The summed E-state index contributed by atoms with van der Waals surface area (Å²) < 4.78 is 11.4. The molecule has 148 valence electrons. The number of hydrogen-bond donors (Lipinski definition) is 2. The molecule has 6 nitrogen and oxygen atoms in total. The van der Waals surface area contributed by atoms with Crippen LogP contribution in [0.3, 0.4) is 0 Å². The number of benzene rings is 2. The Balaban J connectivity index is 1.78. The summed E-state index contributed by atoms with van der Waals surface area (Å²) in [5, 5.41) is 12.6. The third kappa shape index (κ3) is 3.47. The zero-order valence-corrected chi connectivity index (χ0v) is 16.3. The van der Waals surface area contributed by atoms with Crippen molar-refractivity contribution in [3.63, 3.8) is 0 Å². The van der Waals surface area contributed by atoms with E-state index in [0.717, 1.165) is 0 Å². The van der Waals surface area contributed by atoms with Crippen LogP contribution in [0.2, 0.25) is 0 Å². The van der Waals surface area contributed by atoms with Gasteiger partial charge in [-0.2, -0.15) is 0 Å². The van der Waals surface area contributed by atoms with Gasteiger partial charge in [-0.1, -0.05) is 38.1 Å². The molecule has 0 spiro atoms. The molecule has 6 heteroatoms. The topological polar surface area (TPSA) is 84.9 Å². The van der Waals surface area contributed by atoms with Gasteiger partial charge in [0.2, 0.25) is 0 Å². The van der Waals surface area contributed by atoms with Crippen LogP contribution in [0.25, 0.3) is 0 Å². The quantitative estimate of drug-likeness (QED) is 0.758. The molecule has 0 radical (unpaired) electrons. The molecule has 2 unspecified atom stereocenters. The lowest BCUT2D eigenvalue weighted by Crippen LogP contribution is -2.76. The molecule has 2 N–H and O–H groups in total. The highest BCUT2D eigenvalue weighted by Crippen LogP contribution is 2.51. The van der Waals surface area contributed by atoms with Crippen LogP contribution in [-0.4, -0.2) is 35.2 Å². The third-order valence-electron chi connectivity index (χ3n) is 5.53. The van der Waals surface area contributed by atoms with Gasteiger partial charge in [0.05, 0.1) is 6.10 Å². The zero-order valence-electron chi connectivity index (χ0n) is 16.3. The predicted octanol–water partition coefficient (Wildman–Crippen LogP) is 3.87. The molecule has 1 amide bonds. The summed E-state index contributed by atoms with van der Waals surface area (Å²) in [4.78, 5) is 24.9. The molecule has 2 atom stereocenters. The summed E-state index contributed by atoms with van der Waals surface area (Å²) in [5.41, 5.74) is -1.77. The van der Waals surface area contributed by atoms with Gasteiger partial charge in [0, 0.05) is 24.0 Å². The highest BCUT2D eigenvalue weighted by Gasteiger charge is 2.66. The fourth-order valence-electron chi connectivity index (χ4n) is 3.63. The molecule has 28 heavy (non-hydrogen) atoms. The second-order valence-electron chi connectivity index (χ2n) is 7.48. The van der Waals surface area contributed by atoms with Crippen LogP contribution < -0.4 is 10.1 Å². The molecular formula is C22H25NO5. The fourth-order valence-corrected chi connectivity index (χ4v) is 3.63. The average molecular weight is 383 g/mol. The summed E-state index contributed by atoms with van der Waals surface area (Å²) >= 11 is 0. The van der Waals surface area contributed by atoms with Crippen molar-refractivity contribution in [2.24, 2.45) is 5.41 Å². The number of amides is 1. The lowest BCUT2D eigenvalue weighted by molar-refractivity contribution is -0.190. The van der Waals surface area contributed by atoms with Gasteiger partial charge in [0.1, 0.15) is 17.0 Å². The number of aliphatic carboxylic acids is 1. The van der Waals surface area contributed by atoms with Gasteiger partial charge < -0.3 is 19.9 Å². The van der Waals surface area contributed by atoms with Gasteiger partial charge in [-0.05, 0) is 37.3 Å². The van der Waals surface area contributed by atoms with Crippen LogP contribution in [0.4, 0.5) is 0 Å². The van der Waals surface area contributed by atoms with Crippen molar-refractivity contribution < 1.29 is 24.2 Å². The molecule has 0 saturated heterocycles. The van der Waals surface area contributed by atoms with Gasteiger partial charge in [-0.15, -0.1) is 0 Å². The second kappa shape index (κ2) is 7.64. The van der Waals surface area contributed by atoms with Crippen LogP contribution >= 0.6 is 0 Å². The first-order valence-electron chi connectivity index (χ1n) is 9.30. The molecule has 0 bridgehead atoms. The van der Waals surface area contributed by atoms with Crippen LogP contribution in [0.1, 0.15) is 37.6 Å². The third-order valence-corrected chi connectivity index (χ3v) is 5.53. The van der Waals surface area contributed by atoms with E-state index in [0.29, 0.717) is 23.7 Å². The Morgan fingerprint density at radius 2 is 1.79 bits per heavy atom. The molecule has 2 aromatic carbocycles. The second-order valence-corrected chi connectivity index (χ2v) is 7.48. The van der Waals surface area contributed by atoms with E-state index in [9.17, 15) is 14.7 Å². The number of nitrogens with one attached hydrogen (secondary N) is 1. The van der Waals surface area contributed by atoms with Crippen molar-refractivity contribution in [3.8, 4) is 11.5 Å². The van der Waals surface area contributed by atoms with Gasteiger partial charge in [-0.3, -0.25) is 4.79 Å². The van der Waals surface area contributed by atoms with E-state index in [1.165, 1.54) is 0 Å². The van der Waals surface area contributed by atoms with Crippen molar-refractivity contribution >= 4 is 11.9 Å². The minimum absolute atomic E-state index is 0.221. The normalized spacial score (nSPS) is 22.8. The van der Waals surface area contributed by atoms with Crippen molar-refractivity contribution in [3.05, 3.63) is 60.2 Å². The maximum atomic E-state index is 12.8. The summed E-state index contributed by atoms with van der Waals surface area (Å²) in [5.74, 6) is -0.354. The molecule has 1 fully saturated rings. The number of para-hydroxylation sites is 1. The zero-order chi connectivity index (χ0) is 20.4. The van der Waals surface area contributed by atoms with E-state index in [2.05, 4.69) is 5.32 Å². The van der Waals surface area contributed by atoms with E-state index >= 15 is 0 Å². The number of carbonyl (C=O) groups is 2. The number of carboxylic acid groups (broad SMARTS) is 1. The van der Waals surface area contributed by atoms with E-state index in [1.54, 1.807) is 38.1 Å². The molecule has 1 aliphatic rings. The van der Waals surface area contributed by atoms with Crippen LogP contribution in [0.5, 0.6) is 11.5 Å². The maximum absolute atomic E-state index is 12.8. The first-order valence-corrected chi connectivity index (χ1v) is 9.30. The van der Waals surface area contributed by atoms with Gasteiger partial charge >= 0.3 is 5.97 Å². The van der Waals surface area contributed by atoms with Gasteiger partial charge in [0.25, 0.3) is 5.91 Å². The minimum atomic E-state index is -1.37. The predicted molar refractivity (Wildman–Crippen MR) is 105 cm³/mol. The van der Waals surface area contributed by atoms with Gasteiger partial charge in [0.15, 0.2) is 0 Å². The monoisotopic (exact) mass is 383 g/mol. The van der Waals surface area contributed by atoms with E-state index in [1.807, 2.05) is 37.3 Å². The Kier molecular flexibility index (Phi) is 5.42. The maximum Gasteiger partial charge on any atom is 0.330 e. The summed E-state index contributed by atoms with van der Waals surface area (Å²) in [6.07, 6.45) is 0.0106. The molecule has 1 saturated carbocycles. The number of carboxylic acids is 1. The number of carbonyl (C=O) groups excluding carboxylic acids is 1. The standard InChI is InChI=1S/C22H25NO5/c1-4-27-18-14-22(20(25)26,21(18,2)3)23-19(24)15-9-8-12-17(13-15)28-16-10-6-5-7-11-16/h5-13,18H,4,14H2,1-3H3,(H,23,24)(H,25,26). The largest absolute Gasteiger partial charge is 0.479 e. The average Bonchev–Trinajstić information content (AvgIpc) is 2.67. The molecule has 0 aromatic heterocycles. The van der Waals surface area contributed by atoms with Crippen molar-refractivity contribution in [2.45, 2.75) is 38.8 Å². The van der Waals surface area contributed by atoms with Crippen molar-refractivity contribution in [1.29, 1.82) is 0 Å². The summed E-state index contributed by atoms with van der Waals surface area (Å²) in [7, 11) is 0. The Morgan fingerprint density at radius 1 is 1.11 bits per heavy atom. The van der Waals surface area contributed by atoms with E-state index in [4.69, 9.17) is 9.47 Å². The Morgan fingerprint density at radius 3 is 2.39 bits per heavy atom. The summed E-state index contributed by atoms with van der Waals surface area (Å²) in [6.45, 7) is 5.98. The highest BCUT2D eigenvalue weighted by molar-refractivity contribution is 5.99. The van der Waals surface area contributed by atoms with Crippen LogP contribution in [-0.2, 0) is 9.53 Å². The number of rotatable bonds is 7. The minimum Gasteiger partial charge on any atom is -0.479 e. The Bertz CT molecular complexity index is 864. The van der Waals surface area contributed by atoms with Crippen molar-refractivity contribution in [1.82, 2.24) is 5.32 Å². The molecule has 0 aliphatic heterocycles. The lowest BCUT2D eigenvalue weighted by atomic mass is 9.54. The van der Waals surface area contributed by atoms with Crippen LogP contribution in [0, 0.1) is 5.41 Å².